The standard InChI is InChI=1S/C14H13N6O.W/c1-3-20-14(17-18-19-20)16-13(21)11-6-7-12-10(9(11)2)5-4-8-15-12;/h4-6,8H,3H2,1-2H3,(H,16,17,19,21);/q-1;. The number of amides is 1. The molecular formula is C14H13N6OW-. The van der Waals surface area contributed by atoms with E-state index in [1.807, 2.05) is 26.0 Å². The Hall–Kier alpha value is -2.14. The molecule has 8 heteroatoms. The molecule has 0 aliphatic rings. The number of aromatic nitrogens is 5. The average Bonchev–Trinajstić information content (AvgIpc) is 2.95. The quantitative estimate of drug-likeness (QED) is 0.595. The second-order valence-corrected chi connectivity index (χ2v) is 4.50. The number of hydrogen-bond donors (Lipinski definition) is 1. The number of nitrogens with zero attached hydrogens (tertiary/aromatic N) is 5. The number of fused-ring (bicyclic) bond motifs is 1. The van der Waals surface area contributed by atoms with Crippen LogP contribution >= 0.6 is 0 Å². The molecule has 2 aromatic heterocycles. The molecule has 22 heavy (non-hydrogen) atoms. The number of aryl methyl sites for hydroxylation is 2. The molecule has 1 N–H and O–H groups in total. The molecule has 7 nitrogen and oxygen atoms in total. The van der Waals surface area contributed by atoms with Gasteiger partial charge in [0.05, 0.1) is 0 Å². The zero-order chi connectivity index (χ0) is 14.8. The molecule has 0 saturated heterocycles. The van der Waals surface area contributed by atoms with Gasteiger partial charge in [0.1, 0.15) is 0 Å². The van der Waals surface area contributed by atoms with Crippen molar-refractivity contribution >= 4 is 22.8 Å². The van der Waals surface area contributed by atoms with Crippen LogP contribution in [-0.2, 0) is 27.6 Å². The Morgan fingerprint density at radius 1 is 1.45 bits per heavy atom. The van der Waals surface area contributed by atoms with Crippen molar-refractivity contribution in [1.29, 1.82) is 0 Å². The van der Waals surface area contributed by atoms with Crippen LogP contribution in [0.15, 0.2) is 24.4 Å². The third kappa shape index (κ3) is 2.90. The number of nitrogens with one attached hydrogen (secondary N) is 1. The van der Waals surface area contributed by atoms with Gasteiger partial charge in [0, 0.05) is 33.8 Å². The van der Waals surface area contributed by atoms with Gasteiger partial charge in [-0.3, -0.25) is 15.1 Å². The summed E-state index contributed by atoms with van der Waals surface area (Å²) in [5.41, 5.74) is 2.12. The number of hydrogen-bond acceptors (Lipinski definition) is 5. The summed E-state index contributed by atoms with van der Waals surface area (Å²) >= 11 is 0. The van der Waals surface area contributed by atoms with Crippen LogP contribution in [0.5, 0.6) is 0 Å². The fraction of sp³-hybridized carbons (Fsp3) is 0.214. The Balaban J connectivity index is 0.00000176. The predicted octanol–water partition coefficient (Wildman–Crippen LogP) is 1.60. The molecule has 1 aromatic carbocycles. The smallest absolute Gasteiger partial charge is 0.248 e. The van der Waals surface area contributed by atoms with Crippen molar-refractivity contribution in [3.05, 3.63) is 41.6 Å². The summed E-state index contributed by atoms with van der Waals surface area (Å²) in [6.45, 7) is 4.36. The summed E-state index contributed by atoms with van der Waals surface area (Å²) in [4.78, 5) is 16.6. The summed E-state index contributed by atoms with van der Waals surface area (Å²) in [6, 6.07) is 8.41. The van der Waals surface area contributed by atoms with Crippen molar-refractivity contribution in [2.24, 2.45) is 0 Å². The third-order valence-corrected chi connectivity index (χ3v) is 3.27. The van der Waals surface area contributed by atoms with Crippen LogP contribution in [0.4, 0.5) is 5.95 Å². The van der Waals surface area contributed by atoms with Gasteiger partial charge < -0.3 is 0 Å². The molecule has 0 saturated carbocycles. The summed E-state index contributed by atoms with van der Waals surface area (Å²) < 4.78 is 1.51. The van der Waals surface area contributed by atoms with Gasteiger partial charge >= 0.3 is 0 Å². The first-order valence-corrected chi connectivity index (χ1v) is 6.54. The number of carbonyl (C=O) groups is 1. The van der Waals surface area contributed by atoms with Crippen molar-refractivity contribution in [2.75, 3.05) is 5.32 Å². The second kappa shape index (κ2) is 6.75. The molecule has 3 rings (SSSR count). The van der Waals surface area contributed by atoms with E-state index in [-0.39, 0.29) is 27.0 Å². The Kier molecular flexibility index (Phi) is 4.98. The Bertz CT molecular complexity index is 816. The number of rotatable bonds is 3. The van der Waals surface area contributed by atoms with Crippen LogP contribution in [0.3, 0.4) is 0 Å². The second-order valence-electron chi connectivity index (χ2n) is 4.50. The largest absolute Gasteiger partial charge is 0.300 e. The van der Waals surface area contributed by atoms with Crippen LogP contribution in [0.1, 0.15) is 22.8 Å². The normalized spacial score (nSPS) is 10.3. The number of benzene rings is 1. The average molecular weight is 465 g/mol. The van der Waals surface area contributed by atoms with E-state index in [4.69, 9.17) is 0 Å². The molecule has 1 amide bonds. The van der Waals surface area contributed by atoms with E-state index in [2.05, 4.69) is 31.9 Å². The minimum absolute atomic E-state index is 0. The summed E-state index contributed by atoms with van der Waals surface area (Å²) in [7, 11) is 0. The first-order valence-electron chi connectivity index (χ1n) is 6.54. The van der Waals surface area contributed by atoms with Crippen LogP contribution < -0.4 is 5.32 Å². The SMILES string of the molecule is CCn1nnnc1NC(=O)c1c[c-]c2ncccc2c1C.[W]. The van der Waals surface area contributed by atoms with Gasteiger partial charge in [-0.25, -0.2) is 4.68 Å². The van der Waals surface area contributed by atoms with Gasteiger partial charge in [-0.05, 0) is 22.9 Å². The summed E-state index contributed by atoms with van der Waals surface area (Å²) in [5, 5.41) is 14.7. The number of anilines is 1. The zero-order valence-electron chi connectivity index (χ0n) is 12.1. The number of pyridine rings is 1. The first-order chi connectivity index (χ1) is 10.2. The predicted molar refractivity (Wildman–Crippen MR) is 76.8 cm³/mol. The Labute approximate surface area is 141 Å². The fourth-order valence-electron chi connectivity index (χ4n) is 2.13. The summed E-state index contributed by atoms with van der Waals surface area (Å²) in [5.74, 6) is 0.0622. The monoisotopic (exact) mass is 465 g/mol. The zero-order valence-corrected chi connectivity index (χ0v) is 15.0. The summed E-state index contributed by atoms with van der Waals surface area (Å²) in [6.07, 6.45) is 1.70. The molecule has 0 unspecified atom stereocenters. The molecule has 0 spiro atoms. The van der Waals surface area contributed by atoms with Gasteiger partial charge in [-0.1, -0.05) is 23.7 Å². The van der Waals surface area contributed by atoms with Crippen molar-refractivity contribution in [3.8, 4) is 0 Å². The van der Waals surface area contributed by atoms with Crippen molar-refractivity contribution in [2.45, 2.75) is 20.4 Å². The molecule has 2 heterocycles. The maximum absolute atomic E-state index is 12.4. The molecule has 3 aromatic rings. The van der Waals surface area contributed by atoms with Crippen LogP contribution in [0, 0.1) is 13.0 Å². The topological polar surface area (TPSA) is 85.6 Å². The van der Waals surface area contributed by atoms with E-state index in [1.165, 1.54) is 4.68 Å². The van der Waals surface area contributed by atoms with E-state index in [0.717, 1.165) is 16.5 Å². The van der Waals surface area contributed by atoms with Gasteiger partial charge in [0.25, 0.3) is 0 Å². The van der Waals surface area contributed by atoms with Crippen LogP contribution in [-0.4, -0.2) is 31.1 Å². The maximum atomic E-state index is 12.4. The molecule has 0 bridgehead atoms. The number of carbonyl (C=O) groups excluding carboxylic acids is 1. The minimum atomic E-state index is -0.265. The fourth-order valence-corrected chi connectivity index (χ4v) is 2.13. The Morgan fingerprint density at radius 3 is 3.05 bits per heavy atom. The molecule has 0 aliphatic carbocycles. The van der Waals surface area contributed by atoms with Crippen molar-refractivity contribution in [1.82, 2.24) is 25.2 Å². The number of tetrazole rings is 1. The van der Waals surface area contributed by atoms with Gasteiger partial charge in [0.2, 0.25) is 11.9 Å². The van der Waals surface area contributed by atoms with E-state index >= 15 is 0 Å². The van der Waals surface area contributed by atoms with Gasteiger partial charge in [-0.15, -0.1) is 17.0 Å². The Morgan fingerprint density at radius 2 is 2.27 bits per heavy atom. The van der Waals surface area contributed by atoms with E-state index in [0.29, 0.717) is 18.1 Å². The van der Waals surface area contributed by atoms with Crippen LogP contribution in [0.2, 0.25) is 0 Å². The van der Waals surface area contributed by atoms with E-state index < -0.39 is 0 Å². The van der Waals surface area contributed by atoms with Gasteiger partial charge in [0.15, 0.2) is 0 Å². The molecule has 0 radical (unpaired) electrons. The van der Waals surface area contributed by atoms with E-state index in [9.17, 15) is 4.79 Å². The van der Waals surface area contributed by atoms with Crippen LogP contribution in [0.25, 0.3) is 10.9 Å². The van der Waals surface area contributed by atoms with Gasteiger partial charge in [-0.2, -0.15) is 12.1 Å². The first kappa shape index (κ1) is 16.2. The minimum Gasteiger partial charge on any atom is -0.300 e. The molecule has 0 aliphatic heterocycles. The molecule has 0 fully saturated rings. The third-order valence-electron chi connectivity index (χ3n) is 3.27. The van der Waals surface area contributed by atoms with Crippen molar-refractivity contribution < 1.29 is 25.9 Å². The van der Waals surface area contributed by atoms with Crippen molar-refractivity contribution in [3.63, 3.8) is 0 Å². The molecular weight excluding hydrogens is 452 g/mol. The van der Waals surface area contributed by atoms with E-state index in [1.54, 1.807) is 12.3 Å². The molecule has 112 valence electrons. The molecule has 0 atom stereocenters. The maximum Gasteiger partial charge on any atom is 0.248 e.